The average molecular weight is 217 g/mol. The lowest BCUT2D eigenvalue weighted by Gasteiger charge is -2.13. The van der Waals surface area contributed by atoms with Crippen LogP contribution in [0, 0.1) is 0 Å². The predicted octanol–water partition coefficient (Wildman–Crippen LogP) is 2.32. The molecule has 0 radical (unpaired) electrons. The zero-order valence-corrected chi connectivity index (χ0v) is 9.49. The standard InChI is InChI=1S/C13H15NO2/c1-15-12-7-9(8-14)10-5-3-4-6-11(10)13(12)16-2/h3-7H,8,14H2,1-2H3. The molecule has 2 aromatic carbocycles. The third-order valence-corrected chi connectivity index (χ3v) is 2.69. The molecule has 2 rings (SSSR count). The van der Waals surface area contributed by atoms with Crippen LogP contribution in [0.3, 0.4) is 0 Å². The molecule has 0 atom stereocenters. The van der Waals surface area contributed by atoms with E-state index in [1.807, 2.05) is 30.3 Å². The van der Waals surface area contributed by atoms with Crippen molar-refractivity contribution < 1.29 is 9.47 Å². The highest BCUT2D eigenvalue weighted by Gasteiger charge is 2.11. The molecule has 3 nitrogen and oxygen atoms in total. The predicted molar refractivity (Wildman–Crippen MR) is 64.9 cm³/mol. The lowest BCUT2D eigenvalue weighted by Crippen LogP contribution is -2.00. The Labute approximate surface area is 94.8 Å². The van der Waals surface area contributed by atoms with Crippen LogP contribution in [0.5, 0.6) is 11.5 Å². The van der Waals surface area contributed by atoms with Gasteiger partial charge in [-0.15, -0.1) is 0 Å². The van der Waals surface area contributed by atoms with Gasteiger partial charge in [-0.1, -0.05) is 24.3 Å². The minimum atomic E-state index is 0.487. The molecule has 84 valence electrons. The molecule has 0 bridgehead atoms. The highest BCUT2D eigenvalue weighted by Crippen LogP contribution is 2.37. The van der Waals surface area contributed by atoms with E-state index >= 15 is 0 Å². The summed E-state index contributed by atoms with van der Waals surface area (Å²) in [5, 5.41) is 2.15. The van der Waals surface area contributed by atoms with Crippen LogP contribution in [0.25, 0.3) is 10.8 Å². The molecule has 0 spiro atoms. The number of benzene rings is 2. The first-order valence-electron chi connectivity index (χ1n) is 5.14. The first-order valence-corrected chi connectivity index (χ1v) is 5.14. The van der Waals surface area contributed by atoms with Crippen LogP contribution in [0.1, 0.15) is 5.56 Å². The van der Waals surface area contributed by atoms with Gasteiger partial charge in [0.1, 0.15) is 0 Å². The maximum Gasteiger partial charge on any atom is 0.168 e. The van der Waals surface area contributed by atoms with Gasteiger partial charge in [-0.2, -0.15) is 0 Å². The first kappa shape index (κ1) is 10.8. The molecule has 0 fully saturated rings. The summed E-state index contributed by atoms with van der Waals surface area (Å²) in [4.78, 5) is 0. The Morgan fingerprint density at radius 2 is 1.75 bits per heavy atom. The van der Waals surface area contributed by atoms with Gasteiger partial charge in [0.15, 0.2) is 11.5 Å². The molecule has 0 aliphatic rings. The van der Waals surface area contributed by atoms with Gasteiger partial charge >= 0.3 is 0 Å². The van der Waals surface area contributed by atoms with Gasteiger partial charge in [0.25, 0.3) is 0 Å². The quantitative estimate of drug-likeness (QED) is 0.858. The number of ether oxygens (including phenoxy) is 2. The highest BCUT2D eigenvalue weighted by molar-refractivity contribution is 5.93. The maximum atomic E-state index is 5.73. The minimum Gasteiger partial charge on any atom is -0.493 e. The van der Waals surface area contributed by atoms with Crippen LogP contribution in [0.4, 0.5) is 0 Å². The molecule has 0 aliphatic heterocycles. The molecular weight excluding hydrogens is 202 g/mol. The molecule has 2 N–H and O–H groups in total. The van der Waals surface area contributed by atoms with Gasteiger partial charge in [0.05, 0.1) is 14.2 Å². The molecule has 0 aromatic heterocycles. The molecule has 0 saturated carbocycles. The number of fused-ring (bicyclic) bond motifs is 1. The van der Waals surface area contributed by atoms with Crippen molar-refractivity contribution in [2.24, 2.45) is 5.73 Å². The van der Waals surface area contributed by atoms with Gasteiger partial charge in [0.2, 0.25) is 0 Å². The maximum absolute atomic E-state index is 5.73. The van der Waals surface area contributed by atoms with Crippen molar-refractivity contribution in [3.05, 3.63) is 35.9 Å². The van der Waals surface area contributed by atoms with Crippen LogP contribution in [0.2, 0.25) is 0 Å². The molecule has 3 heteroatoms. The highest BCUT2D eigenvalue weighted by atomic mass is 16.5. The zero-order chi connectivity index (χ0) is 11.5. The van der Waals surface area contributed by atoms with E-state index in [4.69, 9.17) is 15.2 Å². The number of hydrogen-bond acceptors (Lipinski definition) is 3. The fourth-order valence-electron chi connectivity index (χ4n) is 1.93. The Hall–Kier alpha value is -1.74. The third-order valence-electron chi connectivity index (χ3n) is 2.69. The van der Waals surface area contributed by atoms with E-state index in [0.29, 0.717) is 6.54 Å². The topological polar surface area (TPSA) is 44.5 Å². The SMILES string of the molecule is COc1cc(CN)c2ccccc2c1OC. The average Bonchev–Trinajstić information content (AvgIpc) is 2.36. The lowest BCUT2D eigenvalue weighted by atomic mass is 10.0. The molecular formula is C13H15NO2. The fourth-order valence-corrected chi connectivity index (χ4v) is 1.93. The Bertz CT molecular complexity index is 509. The van der Waals surface area contributed by atoms with Crippen LogP contribution < -0.4 is 15.2 Å². The fraction of sp³-hybridized carbons (Fsp3) is 0.231. The first-order chi connectivity index (χ1) is 7.81. The van der Waals surface area contributed by atoms with E-state index in [2.05, 4.69) is 0 Å². The van der Waals surface area contributed by atoms with Crippen LogP contribution in [-0.2, 0) is 6.54 Å². The molecule has 0 unspecified atom stereocenters. The Balaban J connectivity index is 2.83. The molecule has 0 aliphatic carbocycles. The summed E-state index contributed by atoms with van der Waals surface area (Å²) < 4.78 is 10.7. The number of hydrogen-bond donors (Lipinski definition) is 1. The van der Waals surface area contributed by atoms with Gasteiger partial charge in [-0.05, 0) is 17.0 Å². The van der Waals surface area contributed by atoms with Crippen LogP contribution >= 0.6 is 0 Å². The van der Waals surface area contributed by atoms with E-state index in [-0.39, 0.29) is 0 Å². The molecule has 0 heterocycles. The zero-order valence-electron chi connectivity index (χ0n) is 9.49. The minimum absolute atomic E-state index is 0.487. The third kappa shape index (κ3) is 1.59. The smallest absolute Gasteiger partial charge is 0.168 e. The molecule has 2 aromatic rings. The van der Waals surface area contributed by atoms with Gasteiger partial charge < -0.3 is 15.2 Å². The van der Waals surface area contributed by atoms with Gasteiger partial charge in [0, 0.05) is 11.9 Å². The Kier molecular flexibility index (Phi) is 2.97. The monoisotopic (exact) mass is 217 g/mol. The van der Waals surface area contributed by atoms with E-state index in [1.165, 1.54) is 0 Å². The summed E-state index contributed by atoms with van der Waals surface area (Å²) in [5.41, 5.74) is 6.80. The Morgan fingerprint density at radius 1 is 1.06 bits per heavy atom. The normalized spacial score (nSPS) is 10.4. The van der Waals surface area contributed by atoms with Gasteiger partial charge in [-0.25, -0.2) is 0 Å². The van der Waals surface area contributed by atoms with Crippen molar-refractivity contribution in [1.82, 2.24) is 0 Å². The molecule has 0 saturated heterocycles. The van der Waals surface area contributed by atoms with Crippen LogP contribution in [-0.4, -0.2) is 14.2 Å². The second-order valence-corrected chi connectivity index (χ2v) is 3.52. The second kappa shape index (κ2) is 4.41. The number of nitrogens with two attached hydrogens (primary N) is 1. The number of methoxy groups -OCH3 is 2. The summed E-state index contributed by atoms with van der Waals surface area (Å²) in [6.45, 7) is 0.487. The van der Waals surface area contributed by atoms with Gasteiger partial charge in [-0.3, -0.25) is 0 Å². The molecule has 0 amide bonds. The van der Waals surface area contributed by atoms with E-state index in [9.17, 15) is 0 Å². The summed E-state index contributed by atoms with van der Waals surface area (Å²) in [5.74, 6) is 1.48. The second-order valence-electron chi connectivity index (χ2n) is 3.52. The molecule has 16 heavy (non-hydrogen) atoms. The van der Waals surface area contributed by atoms with Crippen molar-refractivity contribution >= 4 is 10.8 Å². The largest absolute Gasteiger partial charge is 0.493 e. The van der Waals surface area contributed by atoms with Crippen molar-refractivity contribution in [3.63, 3.8) is 0 Å². The van der Waals surface area contributed by atoms with Crippen molar-refractivity contribution in [2.75, 3.05) is 14.2 Å². The number of rotatable bonds is 3. The van der Waals surface area contributed by atoms with Crippen molar-refractivity contribution in [2.45, 2.75) is 6.54 Å². The summed E-state index contributed by atoms with van der Waals surface area (Å²) in [6, 6.07) is 9.95. The summed E-state index contributed by atoms with van der Waals surface area (Å²) >= 11 is 0. The van der Waals surface area contributed by atoms with E-state index in [1.54, 1.807) is 14.2 Å². The van der Waals surface area contributed by atoms with E-state index in [0.717, 1.165) is 27.8 Å². The summed E-state index contributed by atoms with van der Waals surface area (Å²) in [7, 11) is 3.28. The summed E-state index contributed by atoms with van der Waals surface area (Å²) in [6.07, 6.45) is 0. The Morgan fingerprint density at radius 3 is 2.31 bits per heavy atom. The van der Waals surface area contributed by atoms with E-state index < -0.39 is 0 Å². The van der Waals surface area contributed by atoms with Crippen molar-refractivity contribution in [3.8, 4) is 11.5 Å². The van der Waals surface area contributed by atoms with Crippen molar-refractivity contribution in [1.29, 1.82) is 0 Å². The van der Waals surface area contributed by atoms with Crippen LogP contribution in [0.15, 0.2) is 30.3 Å². The lowest BCUT2D eigenvalue weighted by molar-refractivity contribution is 0.358.